The number of aliphatic hydroxyl groups is 3. The Labute approximate surface area is 243 Å². The van der Waals surface area contributed by atoms with Crippen LogP contribution >= 0.6 is 0 Å². The zero-order chi connectivity index (χ0) is 30.1. The number of fused-ring (bicyclic) bond motifs is 3. The van der Waals surface area contributed by atoms with Gasteiger partial charge >= 0.3 is 0 Å². The van der Waals surface area contributed by atoms with Gasteiger partial charge in [-0.2, -0.15) is 0 Å². The lowest BCUT2D eigenvalue weighted by atomic mass is 9.54. The van der Waals surface area contributed by atoms with Crippen LogP contribution in [0.25, 0.3) is 16.9 Å². The average Bonchev–Trinajstić information content (AvgIpc) is 3.47. The number of benzene rings is 1. The molecule has 1 saturated carbocycles. The number of piperidine rings is 1. The van der Waals surface area contributed by atoms with Crippen molar-refractivity contribution in [3.8, 4) is 16.9 Å². The molecule has 0 radical (unpaired) electrons. The summed E-state index contributed by atoms with van der Waals surface area (Å²) >= 11 is 0. The minimum absolute atomic E-state index is 0.0763. The van der Waals surface area contributed by atoms with Gasteiger partial charge in [0.15, 0.2) is 11.4 Å². The van der Waals surface area contributed by atoms with Gasteiger partial charge in [-0.1, -0.05) is 20.3 Å². The van der Waals surface area contributed by atoms with Crippen LogP contribution in [-0.4, -0.2) is 61.5 Å². The second-order valence-electron chi connectivity index (χ2n) is 12.5. The van der Waals surface area contributed by atoms with Crippen molar-refractivity contribution in [3.63, 3.8) is 0 Å². The highest BCUT2D eigenvalue weighted by molar-refractivity contribution is 6.23. The number of phenols is 1. The Kier molecular flexibility index (Phi) is 6.81. The molecular weight excluding hydrogens is 540 g/mol. The topological polar surface area (TPSA) is 175 Å². The van der Waals surface area contributed by atoms with E-state index in [2.05, 4.69) is 4.90 Å². The summed E-state index contributed by atoms with van der Waals surface area (Å²) in [4.78, 5) is 42.0. The number of rotatable bonds is 5. The van der Waals surface area contributed by atoms with Gasteiger partial charge in [0.05, 0.1) is 18.1 Å². The van der Waals surface area contributed by atoms with E-state index in [0.717, 1.165) is 43.5 Å². The molecule has 2 heterocycles. The van der Waals surface area contributed by atoms with Crippen molar-refractivity contribution in [2.75, 3.05) is 13.1 Å². The van der Waals surface area contributed by atoms with E-state index in [9.17, 15) is 34.8 Å². The second kappa shape index (κ2) is 10.1. The number of ketones is 2. The largest absolute Gasteiger partial charge is 0.508 e. The molecule has 3 aliphatic carbocycles. The van der Waals surface area contributed by atoms with E-state index in [1.165, 1.54) is 0 Å². The molecule has 0 unspecified atom stereocenters. The number of nitrogens with two attached hydrogens (primary N) is 1. The summed E-state index contributed by atoms with van der Waals surface area (Å²) in [5.74, 6) is -7.65. The second-order valence-corrected chi connectivity index (χ2v) is 12.5. The fourth-order valence-electron chi connectivity index (χ4n) is 7.76. The fourth-order valence-corrected chi connectivity index (χ4v) is 7.76. The first-order valence-electron chi connectivity index (χ1n) is 14.6. The fraction of sp³-hybridized carbons (Fsp3) is 0.469. The van der Waals surface area contributed by atoms with E-state index in [-0.39, 0.29) is 35.6 Å². The van der Waals surface area contributed by atoms with Crippen LogP contribution < -0.4 is 5.73 Å². The van der Waals surface area contributed by atoms with Crippen LogP contribution in [0.5, 0.6) is 5.75 Å². The highest BCUT2D eigenvalue weighted by Crippen LogP contribution is 2.55. The minimum atomic E-state index is -2.63. The Morgan fingerprint density at radius 3 is 2.50 bits per heavy atom. The molecule has 1 aromatic carbocycles. The van der Waals surface area contributed by atoms with Gasteiger partial charge in [0.1, 0.15) is 22.8 Å². The molecule has 42 heavy (non-hydrogen) atoms. The number of aromatic hydroxyl groups is 1. The number of hydrogen-bond acceptors (Lipinski definition) is 9. The summed E-state index contributed by atoms with van der Waals surface area (Å²) in [5.41, 5.74) is 4.69. The predicted octanol–water partition coefficient (Wildman–Crippen LogP) is 3.55. The summed E-state index contributed by atoms with van der Waals surface area (Å²) in [5, 5.41) is 46.3. The van der Waals surface area contributed by atoms with Gasteiger partial charge in [-0.05, 0) is 73.9 Å². The Morgan fingerprint density at radius 1 is 1.17 bits per heavy atom. The molecule has 1 saturated heterocycles. The molecule has 0 spiro atoms. The van der Waals surface area contributed by atoms with Gasteiger partial charge in [0.25, 0.3) is 5.91 Å². The molecule has 10 nitrogen and oxygen atoms in total. The number of Topliss-reactive ketones (excluding diaryl/α,β-unsaturated/α-hetero) is 2. The molecule has 6 rings (SSSR count). The number of primary amides is 1. The zero-order valence-corrected chi connectivity index (χ0v) is 23.7. The van der Waals surface area contributed by atoms with E-state index in [1.807, 2.05) is 6.07 Å². The van der Waals surface area contributed by atoms with Crippen molar-refractivity contribution < 1.29 is 39.2 Å². The first kappa shape index (κ1) is 28.2. The third-order valence-electron chi connectivity index (χ3n) is 9.72. The van der Waals surface area contributed by atoms with Crippen molar-refractivity contribution in [1.82, 2.24) is 4.90 Å². The molecule has 1 aliphatic heterocycles. The molecule has 1 aromatic heterocycles. The van der Waals surface area contributed by atoms with Gasteiger partial charge in [-0.15, -0.1) is 0 Å². The predicted molar refractivity (Wildman–Crippen MR) is 152 cm³/mol. The average molecular weight is 577 g/mol. The zero-order valence-electron chi connectivity index (χ0n) is 23.7. The van der Waals surface area contributed by atoms with Crippen molar-refractivity contribution in [2.24, 2.45) is 29.4 Å². The lowest BCUT2D eigenvalue weighted by molar-refractivity contribution is -0.155. The van der Waals surface area contributed by atoms with E-state index < -0.39 is 57.9 Å². The van der Waals surface area contributed by atoms with Crippen molar-refractivity contribution in [2.45, 2.75) is 58.1 Å². The molecule has 6 N–H and O–H groups in total. The first-order chi connectivity index (χ1) is 20.0. The van der Waals surface area contributed by atoms with Crippen LogP contribution in [0.2, 0.25) is 0 Å². The number of carbonyl (C=O) groups excluding carboxylic acids is 3. The SMILES string of the molecule is CC(C)[C@@H]1C(=O)C(C(N)=O)=C(O)[C@@]2(O)C(=O)C3=C(O)c4c(O)c(CN5CCCCC5)cc(-c5ccoc5)c4C[C@H]3C[C@@H]12. The standard InChI is InChI=1S/C32H36N2O8/c1-15(2)22-21-12-17-10-20-19(16-6-9-42-14-16)11-18(13-34-7-4-3-5-8-34)26(35)24(20)28(37)23(17)29(38)32(21,41)30(39)25(27(22)36)31(33)40/h6,9,11,14-15,17,21-22,35,37,39,41H,3-5,7-8,10,12-13H2,1-2H3,(H2,33,40)/t17-,21-,22-,32-/m0/s1. The van der Waals surface area contributed by atoms with Gasteiger partial charge in [-0.25, -0.2) is 0 Å². The first-order valence-corrected chi connectivity index (χ1v) is 14.6. The normalized spacial score (nSPS) is 28.1. The summed E-state index contributed by atoms with van der Waals surface area (Å²) < 4.78 is 5.37. The monoisotopic (exact) mass is 576 g/mol. The third-order valence-corrected chi connectivity index (χ3v) is 9.72. The molecule has 4 aliphatic rings. The Morgan fingerprint density at radius 2 is 1.88 bits per heavy atom. The Hall–Kier alpha value is -3.89. The molecular formula is C32H36N2O8. The van der Waals surface area contributed by atoms with Gasteiger partial charge < -0.3 is 30.6 Å². The van der Waals surface area contributed by atoms with Crippen LogP contribution in [0, 0.1) is 23.7 Å². The molecule has 2 fully saturated rings. The van der Waals surface area contributed by atoms with Gasteiger partial charge in [0.2, 0.25) is 5.78 Å². The highest BCUT2D eigenvalue weighted by atomic mass is 16.3. The molecule has 0 bridgehead atoms. The maximum absolute atomic E-state index is 14.2. The van der Waals surface area contributed by atoms with E-state index >= 15 is 0 Å². The van der Waals surface area contributed by atoms with Crippen LogP contribution in [-0.2, 0) is 27.3 Å². The number of likely N-dealkylation sites (tertiary alicyclic amines) is 1. The lowest BCUT2D eigenvalue weighted by Gasteiger charge is -2.50. The summed E-state index contributed by atoms with van der Waals surface area (Å²) in [6.45, 7) is 5.69. The molecule has 222 valence electrons. The van der Waals surface area contributed by atoms with Crippen molar-refractivity contribution >= 4 is 23.2 Å². The number of phenolic OH excluding ortho intramolecular Hbond substituents is 1. The van der Waals surface area contributed by atoms with Crippen molar-refractivity contribution in [1.29, 1.82) is 0 Å². The molecule has 4 atom stereocenters. The van der Waals surface area contributed by atoms with Crippen LogP contribution in [0.3, 0.4) is 0 Å². The van der Waals surface area contributed by atoms with Gasteiger partial charge in [-0.3, -0.25) is 19.3 Å². The molecule has 1 amide bonds. The number of amides is 1. The van der Waals surface area contributed by atoms with Crippen LogP contribution in [0.4, 0.5) is 0 Å². The van der Waals surface area contributed by atoms with E-state index in [1.54, 1.807) is 32.4 Å². The Bertz CT molecular complexity index is 1550. The number of aliphatic hydroxyl groups excluding tert-OH is 2. The molecule has 10 heteroatoms. The third kappa shape index (κ3) is 4.03. The summed E-state index contributed by atoms with van der Waals surface area (Å²) in [7, 11) is 0. The quantitative estimate of drug-likeness (QED) is 0.333. The van der Waals surface area contributed by atoms with Crippen LogP contribution in [0.1, 0.15) is 56.2 Å². The number of hydrogen-bond donors (Lipinski definition) is 5. The number of furan rings is 1. The maximum atomic E-state index is 14.2. The lowest BCUT2D eigenvalue weighted by Crippen LogP contribution is -2.62. The summed E-state index contributed by atoms with van der Waals surface area (Å²) in [6.07, 6.45) is 6.69. The highest BCUT2D eigenvalue weighted by Gasteiger charge is 2.64. The summed E-state index contributed by atoms with van der Waals surface area (Å²) in [6, 6.07) is 3.70. The maximum Gasteiger partial charge on any atom is 0.255 e. The van der Waals surface area contributed by atoms with Crippen LogP contribution in [0.15, 0.2) is 46.0 Å². The number of carbonyl (C=O) groups is 3. The number of nitrogens with zero attached hydrogens (tertiary/aromatic N) is 1. The van der Waals surface area contributed by atoms with Gasteiger partial charge in [0, 0.05) is 35.1 Å². The Balaban J connectivity index is 1.55. The minimum Gasteiger partial charge on any atom is -0.508 e. The van der Waals surface area contributed by atoms with E-state index in [0.29, 0.717) is 17.7 Å². The van der Waals surface area contributed by atoms with Crippen molar-refractivity contribution in [3.05, 3.63) is 58.3 Å². The smallest absolute Gasteiger partial charge is 0.255 e. The molecule has 2 aromatic rings. The van der Waals surface area contributed by atoms with E-state index in [4.69, 9.17) is 10.2 Å².